The van der Waals surface area contributed by atoms with E-state index in [1.807, 2.05) is 6.07 Å². The minimum Gasteiger partial charge on any atom is -0.491 e. The first kappa shape index (κ1) is 14.2. The van der Waals surface area contributed by atoms with Crippen molar-refractivity contribution in [3.63, 3.8) is 0 Å². The molecule has 0 saturated heterocycles. The van der Waals surface area contributed by atoms with Gasteiger partial charge in [-0.1, -0.05) is 39.8 Å². The van der Waals surface area contributed by atoms with Gasteiger partial charge in [0.25, 0.3) is 0 Å². The van der Waals surface area contributed by atoms with Crippen LogP contribution in [0.25, 0.3) is 0 Å². The Kier molecular flexibility index (Phi) is 4.38. The van der Waals surface area contributed by atoms with Gasteiger partial charge in [-0.05, 0) is 42.7 Å². The Morgan fingerprint density at radius 3 is 2.68 bits per heavy atom. The van der Waals surface area contributed by atoms with Crippen LogP contribution in [0.1, 0.15) is 47.0 Å². The SMILES string of the molecule is CC(C)COc1ccccc1NC1CCC(C)(C)C1. The second-order valence-corrected chi connectivity index (χ2v) is 6.95. The Labute approximate surface area is 117 Å². The molecule has 1 atom stereocenters. The number of anilines is 1. The average Bonchev–Trinajstić information content (AvgIpc) is 2.67. The summed E-state index contributed by atoms with van der Waals surface area (Å²) in [6.45, 7) is 9.84. The molecule has 1 aromatic carbocycles. The normalized spacial score (nSPS) is 21.6. The van der Waals surface area contributed by atoms with Crippen molar-refractivity contribution in [1.29, 1.82) is 0 Å². The van der Waals surface area contributed by atoms with Crippen molar-refractivity contribution < 1.29 is 4.74 Å². The van der Waals surface area contributed by atoms with Gasteiger partial charge in [0.2, 0.25) is 0 Å². The Balaban J connectivity index is 2.00. The number of rotatable bonds is 5. The fourth-order valence-corrected chi connectivity index (χ4v) is 2.75. The summed E-state index contributed by atoms with van der Waals surface area (Å²) >= 11 is 0. The van der Waals surface area contributed by atoms with Crippen molar-refractivity contribution in [1.82, 2.24) is 0 Å². The first-order valence-electron chi connectivity index (χ1n) is 7.45. The third kappa shape index (κ3) is 4.15. The maximum Gasteiger partial charge on any atom is 0.142 e. The van der Waals surface area contributed by atoms with Crippen LogP contribution >= 0.6 is 0 Å². The lowest BCUT2D eigenvalue weighted by molar-refractivity contribution is 0.272. The van der Waals surface area contributed by atoms with Crippen LogP contribution in [0.3, 0.4) is 0 Å². The van der Waals surface area contributed by atoms with Gasteiger partial charge < -0.3 is 10.1 Å². The molecule has 106 valence electrons. The lowest BCUT2D eigenvalue weighted by atomic mass is 9.92. The van der Waals surface area contributed by atoms with Gasteiger partial charge in [0.05, 0.1) is 12.3 Å². The molecule has 0 amide bonds. The highest BCUT2D eigenvalue weighted by Crippen LogP contribution is 2.39. The largest absolute Gasteiger partial charge is 0.491 e. The van der Waals surface area contributed by atoms with Crippen molar-refractivity contribution in [3.8, 4) is 5.75 Å². The van der Waals surface area contributed by atoms with Gasteiger partial charge in [-0.25, -0.2) is 0 Å². The summed E-state index contributed by atoms with van der Waals surface area (Å²) in [6, 6.07) is 8.88. The highest BCUT2D eigenvalue weighted by molar-refractivity contribution is 5.56. The van der Waals surface area contributed by atoms with E-state index in [9.17, 15) is 0 Å². The van der Waals surface area contributed by atoms with E-state index < -0.39 is 0 Å². The molecule has 1 aromatic rings. The van der Waals surface area contributed by atoms with Crippen molar-refractivity contribution in [3.05, 3.63) is 24.3 Å². The van der Waals surface area contributed by atoms with E-state index in [4.69, 9.17) is 4.74 Å². The maximum absolute atomic E-state index is 5.90. The molecule has 19 heavy (non-hydrogen) atoms. The Hall–Kier alpha value is -1.18. The molecule has 0 spiro atoms. The highest BCUT2D eigenvalue weighted by Gasteiger charge is 2.31. The van der Waals surface area contributed by atoms with E-state index in [-0.39, 0.29) is 0 Å². The number of hydrogen-bond acceptors (Lipinski definition) is 2. The first-order valence-corrected chi connectivity index (χ1v) is 7.45. The molecule has 0 radical (unpaired) electrons. The van der Waals surface area contributed by atoms with Gasteiger partial charge in [-0.15, -0.1) is 0 Å². The number of nitrogens with one attached hydrogen (secondary N) is 1. The van der Waals surface area contributed by atoms with E-state index in [0.29, 0.717) is 17.4 Å². The van der Waals surface area contributed by atoms with Gasteiger partial charge >= 0.3 is 0 Å². The standard InChI is InChI=1S/C17H27NO/c1-13(2)12-19-16-8-6-5-7-15(16)18-14-9-10-17(3,4)11-14/h5-8,13-14,18H,9-12H2,1-4H3. The lowest BCUT2D eigenvalue weighted by Crippen LogP contribution is -2.18. The van der Waals surface area contributed by atoms with Gasteiger partial charge in [0, 0.05) is 6.04 Å². The van der Waals surface area contributed by atoms with Crippen molar-refractivity contribution >= 4 is 5.69 Å². The smallest absolute Gasteiger partial charge is 0.142 e. The van der Waals surface area contributed by atoms with Crippen molar-refractivity contribution in [2.24, 2.45) is 11.3 Å². The summed E-state index contributed by atoms with van der Waals surface area (Å²) in [5, 5.41) is 3.66. The molecule has 2 nitrogen and oxygen atoms in total. The number of benzene rings is 1. The fourth-order valence-electron chi connectivity index (χ4n) is 2.75. The maximum atomic E-state index is 5.90. The molecule has 1 fully saturated rings. The first-order chi connectivity index (χ1) is 8.96. The monoisotopic (exact) mass is 261 g/mol. The minimum absolute atomic E-state index is 0.478. The quantitative estimate of drug-likeness (QED) is 0.828. The van der Waals surface area contributed by atoms with Crippen LogP contribution in [-0.4, -0.2) is 12.6 Å². The van der Waals surface area contributed by atoms with Crippen molar-refractivity contribution in [2.45, 2.75) is 53.0 Å². The third-order valence-electron chi connectivity index (χ3n) is 3.79. The molecule has 0 aromatic heterocycles. The van der Waals surface area contributed by atoms with E-state index in [1.54, 1.807) is 0 Å². The average molecular weight is 261 g/mol. The topological polar surface area (TPSA) is 21.3 Å². The second kappa shape index (κ2) is 5.85. The molecular formula is C17H27NO. The van der Waals surface area contributed by atoms with Gasteiger partial charge in [-0.3, -0.25) is 0 Å². The predicted octanol–water partition coefficient (Wildman–Crippen LogP) is 4.71. The number of ether oxygens (including phenoxy) is 1. The highest BCUT2D eigenvalue weighted by atomic mass is 16.5. The van der Waals surface area contributed by atoms with Crippen LogP contribution < -0.4 is 10.1 Å². The molecule has 1 aliphatic rings. The van der Waals surface area contributed by atoms with Gasteiger partial charge in [0.1, 0.15) is 5.75 Å². The molecule has 2 rings (SSSR count). The van der Waals surface area contributed by atoms with Gasteiger partial charge in [0.15, 0.2) is 0 Å². The molecule has 0 bridgehead atoms. The molecule has 0 heterocycles. The zero-order chi connectivity index (χ0) is 13.9. The lowest BCUT2D eigenvalue weighted by Gasteiger charge is -2.20. The summed E-state index contributed by atoms with van der Waals surface area (Å²) < 4.78 is 5.90. The molecule has 1 unspecified atom stereocenters. The zero-order valence-electron chi connectivity index (χ0n) is 12.7. The summed E-state index contributed by atoms with van der Waals surface area (Å²) in [7, 11) is 0. The summed E-state index contributed by atoms with van der Waals surface area (Å²) in [5.41, 5.74) is 1.62. The van der Waals surface area contributed by atoms with E-state index in [0.717, 1.165) is 18.0 Å². The van der Waals surface area contributed by atoms with Crippen LogP contribution in [-0.2, 0) is 0 Å². The zero-order valence-corrected chi connectivity index (χ0v) is 12.7. The van der Waals surface area contributed by atoms with Crippen LogP contribution in [0.15, 0.2) is 24.3 Å². The summed E-state index contributed by atoms with van der Waals surface area (Å²) in [5.74, 6) is 1.54. The molecule has 1 N–H and O–H groups in total. The van der Waals surface area contributed by atoms with E-state index in [2.05, 4.69) is 51.2 Å². The van der Waals surface area contributed by atoms with Crippen LogP contribution in [0.4, 0.5) is 5.69 Å². The fraction of sp³-hybridized carbons (Fsp3) is 0.647. The molecule has 1 saturated carbocycles. The molecular weight excluding hydrogens is 234 g/mol. The van der Waals surface area contributed by atoms with Crippen LogP contribution in [0.5, 0.6) is 5.75 Å². The molecule has 1 aliphatic carbocycles. The Morgan fingerprint density at radius 2 is 2.05 bits per heavy atom. The van der Waals surface area contributed by atoms with Crippen LogP contribution in [0, 0.1) is 11.3 Å². The van der Waals surface area contributed by atoms with Crippen LogP contribution in [0.2, 0.25) is 0 Å². The second-order valence-electron chi connectivity index (χ2n) is 6.95. The third-order valence-corrected chi connectivity index (χ3v) is 3.79. The van der Waals surface area contributed by atoms with Gasteiger partial charge in [-0.2, -0.15) is 0 Å². The van der Waals surface area contributed by atoms with E-state index in [1.165, 1.54) is 19.3 Å². The number of para-hydroxylation sites is 2. The number of hydrogen-bond donors (Lipinski definition) is 1. The summed E-state index contributed by atoms with van der Waals surface area (Å²) in [6.07, 6.45) is 3.80. The van der Waals surface area contributed by atoms with Crippen molar-refractivity contribution in [2.75, 3.05) is 11.9 Å². The predicted molar refractivity (Wildman–Crippen MR) is 81.8 cm³/mol. The summed E-state index contributed by atoms with van der Waals surface area (Å²) in [4.78, 5) is 0. The Morgan fingerprint density at radius 1 is 1.32 bits per heavy atom. The molecule has 2 heteroatoms. The van der Waals surface area contributed by atoms with E-state index >= 15 is 0 Å². The minimum atomic E-state index is 0.478. The Bertz CT molecular complexity index is 411. The molecule has 0 aliphatic heterocycles.